The third-order valence-electron chi connectivity index (χ3n) is 4.67. The van der Waals surface area contributed by atoms with Crippen molar-refractivity contribution >= 4 is 5.97 Å². The number of hydrogen-bond acceptors (Lipinski definition) is 4. The van der Waals surface area contributed by atoms with Gasteiger partial charge in [-0.15, -0.1) is 0 Å². The molecule has 2 aromatic carbocycles. The van der Waals surface area contributed by atoms with E-state index in [1.165, 1.54) is 19.2 Å². The van der Waals surface area contributed by atoms with Crippen LogP contribution < -0.4 is 4.74 Å². The summed E-state index contributed by atoms with van der Waals surface area (Å²) in [5.74, 6) is -0.702. The minimum atomic E-state index is -0.926. The van der Waals surface area contributed by atoms with Gasteiger partial charge in [-0.25, -0.2) is 4.39 Å². The Morgan fingerprint density at radius 1 is 1.21 bits per heavy atom. The number of ether oxygens (including phenoxy) is 1. The summed E-state index contributed by atoms with van der Waals surface area (Å²) in [7, 11) is 1.54. The van der Waals surface area contributed by atoms with E-state index in [4.69, 9.17) is 9.84 Å². The Balaban J connectivity index is 2.11. The Kier molecular flexibility index (Phi) is 6.29. The van der Waals surface area contributed by atoms with Gasteiger partial charge in [0.2, 0.25) is 0 Å². The predicted octanol–water partition coefficient (Wildman–Crippen LogP) is 3.76. The number of carboxylic acids is 1. The first-order chi connectivity index (χ1) is 13.9. The highest BCUT2D eigenvalue weighted by Gasteiger charge is 2.17. The van der Waals surface area contributed by atoms with Crippen LogP contribution in [0.5, 0.6) is 5.75 Å². The van der Waals surface area contributed by atoms with Gasteiger partial charge in [0, 0.05) is 11.1 Å². The lowest BCUT2D eigenvalue weighted by atomic mass is 10.0. The number of halogens is 1. The van der Waals surface area contributed by atoms with E-state index >= 15 is 0 Å². The molecule has 0 saturated carbocycles. The molecule has 29 heavy (non-hydrogen) atoms. The van der Waals surface area contributed by atoms with Crippen LogP contribution in [0.3, 0.4) is 0 Å². The third-order valence-corrected chi connectivity index (χ3v) is 4.67. The summed E-state index contributed by atoms with van der Waals surface area (Å²) in [6, 6.07) is 13.0. The minimum absolute atomic E-state index is 0.114. The van der Waals surface area contributed by atoms with Crippen LogP contribution in [0.1, 0.15) is 18.9 Å². The first-order valence-corrected chi connectivity index (χ1v) is 9.32. The maximum Gasteiger partial charge on any atom is 0.307 e. The van der Waals surface area contributed by atoms with Crippen molar-refractivity contribution < 1.29 is 24.1 Å². The monoisotopic (exact) mass is 398 g/mol. The lowest BCUT2D eigenvalue weighted by Gasteiger charge is -2.11. The standard InChI is InChI=1S/C22H23FN2O4/c1-3-17(26)13-25-20(15-5-7-16(23)8-6-15)12-19(24-25)18-10-14(11-22(27)28)4-9-21(18)29-2/h4-10,12,17,26H,3,11,13H2,1-2H3,(H,27,28). The molecule has 0 aliphatic rings. The highest BCUT2D eigenvalue weighted by atomic mass is 19.1. The van der Waals surface area contributed by atoms with Gasteiger partial charge in [-0.05, 0) is 54.4 Å². The zero-order valence-corrected chi connectivity index (χ0v) is 16.3. The van der Waals surface area contributed by atoms with Crippen molar-refractivity contribution in [2.75, 3.05) is 7.11 Å². The Morgan fingerprint density at radius 3 is 2.55 bits per heavy atom. The van der Waals surface area contributed by atoms with Crippen molar-refractivity contribution in [1.82, 2.24) is 9.78 Å². The number of aliphatic hydroxyl groups excluding tert-OH is 1. The van der Waals surface area contributed by atoms with Gasteiger partial charge in [0.1, 0.15) is 11.6 Å². The highest BCUT2D eigenvalue weighted by Crippen LogP contribution is 2.33. The lowest BCUT2D eigenvalue weighted by Crippen LogP contribution is -2.16. The van der Waals surface area contributed by atoms with E-state index in [2.05, 4.69) is 5.10 Å². The van der Waals surface area contributed by atoms with E-state index < -0.39 is 12.1 Å². The van der Waals surface area contributed by atoms with E-state index in [1.807, 2.05) is 13.0 Å². The molecular formula is C22H23FN2O4. The maximum atomic E-state index is 13.4. The topological polar surface area (TPSA) is 84.6 Å². The van der Waals surface area contributed by atoms with Crippen molar-refractivity contribution in [3.8, 4) is 28.3 Å². The Hall–Kier alpha value is -3.19. The molecule has 1 aromatic heterocycles. The molecule has 1 heterocycles. The first kappa shape index (κ1) is 20.5. The molecule has 0 spiro atoms. The molecule has 0 saturated heterocycles. The summed E-state index contributed by atoms with van der Waals surface area (Å²) in [6.07, 6.45) is -0.130. The SMILES string of the molecule is CCC(O)Cn1nc(-c2cc(CC(=O)O)ccc2OC)cc1-c1ccc(F)cc1. The van der Waals surface area contributed by atoms with E-state index in [-0.39, 0.29) is 18.8 Å². The maximum absolute atomic E-state index is 13.4. The van der Waals surface area contributed by atoms with Crippen LogP contribution >= 0.6 is 0 Å². The molecule has 6 nitrogen and oxygen atoms in total. The number of aliphatic hydroxyl groups is 1. The second-order valence-corrected chi connectivity index (χ2v) is 6.77. The number of hydrogen-bond donors (Lipinski definition) is 2. The van der Waals surface area contributed by atoms with Crippen molar-refractivity contribution in [1.29, 1.82) is 0 Å². The molecule has 1 unspecified atom stereocenters. The molecule has 3 rings (SSSR count). The van der Waals surface area contributed by atoms with Gasteiger partial charge < -0.3 is 14.9 Å². The van der Waals surface area contributed by atoms with Crippen LogP contribution in [0.2, 0.25) is 0 Å². The lowest BCUT2D eigenvalue weighted by molar-refractivity contribution is -0.136. The molecule has 0 fully saturated rings. The number of rotatable bonds is 8. The summed E-state index contributed by atoms with van der Waals surface area (Å²) < 4.78 is 20.5. The van der Waals surface area contributed by atoms with Crippen LogP contribution in [-0.4, -0.2) is 39.2 Å². The van der Waals surface area contributed by atoms with Crippen LogP contribution in [0.4, 0.5) is 4.39 Å². The number of carboxylic acid groups (broad SMARTS) is 1. The summed E-state index contributed by atoms with van der Waals surface area (Å²) in [4.78, 5) is 11.1. The van der Waals surface area contributed by atoms with E-state index in [0.717, 1.165) is 11.3 Å². The summed E-state index contributed by atoms with van der Waals surface area (Å²) >= 11 is 0. The molecule has 7 heteroatoms. The fourth-order valence-corrected chi connectivity index (χ4v) is 3.11. The zero-order valence-electron chi connectivity index (χ0n) is 16.3. The second-order valence-electron chi connectivity index (χ2n) is 6.77. The fraction of sp³-hybridized carbons (Fsp3) is 0.273. The molecule has 2 N–H and O–H groups in total. The normalized spacial score (nSPS) is 12.0. The Morgan fingerprint density at radius 2 is 1.93 bits per heavy atom. The second kappa shape index (κ2) is 8.87. The van der Waals surface area contributed by atoms with Crippen LogP contribution in [0, 0.1) is 5.82 Å². The average molecular weight is 398 g/mol. The first-order valence-electron chi connectivity index (χ1n) is 9.32. The molecule has 3 aromatic rings. The van der Waals surface area contributed by atoms with Gasteiger partial charge in [-0.1, -0.05) is 13.0 Å². The average Bonchev–Trinajstić information content (AvgIpc) is 3.11. The van der Waals surface area contributed by atoms with Gasteiger partial charge >= 0.3 is 5.97 Å². The van der Waals surface area contributed by atoms with Gasteiger partial charge in [0.05, 0.1) is 37.6 Å². The molecule has 0 amide bonds. The van der Waals surface area contributed by atoms with Gasteiger partial charge in [-0.2, -0.15) is 5.10 Å². The van der Waals surface area contributed by atoms with Crippen molar-refractivity contribution in [2.24, 2.45) is 0 Å². The molecular weight excluding hydrogens is 375 g/mol. The van der Waals surface area contributed by atoms with E-state index in [9.17, 15) is 14.3 Å². The molecule has 0 aliphatic carbocycles. The highest BCUT2D eigenvalue weighted by molar-refractivity contribution is 5.76. The number of methoxy groups -OCH3 is 1. The third kappa shape index (κ3) is 4.81. The van der Waals surface area contributed by atoms with Crippen molar-refractivity contribution in [3.05, 3.63) is 59.9 Å². The summed E-state index contributed by atoms with van der Waals surface area (Å²) in [5.41, 5.74) is 3.34. The molecule has 0 bridgehead atoms. The van der Waals surface area contributed by atoms with Crippen LogP contribution in [0.15, 0.2) is 48.5 Å². The van der Waals surface area contributed by atoms with Crippen molar-refractivity contribution in [2.45, 2.75) is 32.4 Å². The molecule has 0 aliphatic heterocycles. The minimum Gasteiger partial charge on any atom is -0.496 e. The largest absolute Gasteiger partial charge is 0.496 e. The Bertz CT molecular complexity index is 999. The smallest absolute Gasteiger partial charge is 0.307 e. The quantitative estimate of drug-likeness (QED) is 0.604. The number of benzene rings is 2. The van der Waals surface area contributed by atoms with E-state index in [0.29, 0.717) is 29.0 Å². The van der Waals surface area contributed by atoms with Gasteiger partial charge in [0.15, 0.2) is 0 Å². The van der Waals surface area contributed by atoms with Crippen molar-refractivity contribution in [3.63, 3.8) is 0 Å². The van der Waals surface area contributed by atoms with E-state index in [1.54, 1.807) is 35.0 Å². The predicted molar refractivity (Wildman–Crippen MR) is 107 cm³/mol. The summed E-state index contributed by atoms with van der Waals surface area (Å²) in [5, 5.41) is 23.9. The molecule has 1 atom stereocenters. The molecule has 152 valence electrons. The van der Waals surface area contributed by atoms with Gasteiger partial charge in [0.25, 0.3) is 0 Å². The number of carbonyl (C=O) groups is 1. The number of aliphatic carboxylic acids is 1. The summed E-state index contributed by atoms with van der Waals surface area (Å²) in [6.45, 7) is 2.16. The fourth-order valence-electron chi connectivity index (χ4n) is 3.11. The number of aromatic nitrogens is 2. The van der Waals surface area contributed by atoms with Crippen LogP contribution in [-0.2, 0) is 17.8 Å². The Labute approximate surface area is 168 Å². The van der Waals surface area contributed by atoms with Gasteiger partial charge in [-0.3, -0.25) is 9.48 Å². The zero-order chi connectivity index (χ0) is 21.0. The molecule has 0 radical (unpaired) electrons. The van der Waals surface area contributed by atoms with Crippen LogP contribution in [0.25, 0.3) is 22.5 Å². The number of nitrogens with zero attached hydrogens (tertiary/aromatic N) is 2.